The van der Waals surface area contributed by atoms with E-state index in [9.17, 15) is 4.79 Å². The van der Waals surface area contributed by atoms with Crippen molar-refractivity contribution in [1.29, 1.82) is 0 Å². The van der Waals surface area contributed by atoms with E-state index in [1.807, 2.05) is 44.2 Å². The summed E-state index contributed by atoms with van der Waals surface area (Å²) >= 11 is 0. The fraction of sp³-hybridized carbons (Fsp3) is 0.188. The first-order valence-corrected chi connectivity index (χ1v) is 7.09. The third-order valence-electron chi connectivity index (χ3n) is 3.20. The molecule has 0 spiro atoms. The Morgan fingerprint density at radius 3 is 2.64 bits per heavy atom. The van der Waals surface area contributed by atoms with E-state index in [1.54, 1.807) is 16.8 Å². The lowest BCUT2D eigenvalue weighted by molar-refractivity contribution is 0.893. The van der Waals surface area contributed by atoms with Crippen LogP contribution in [-0.4, -0.2) is 25.8 Å². The first-order chi connectivity index (χ1) is 10.6. The van der Waals surface area contributed by atoms with Crippen molar-refractivity contribution in [3.8, 4) is 17.1 Å². The normalized spacial score (nSPS) is 10.9. The van der Waals surface area contributed by atoms with Gasteiger partial charge in [-0.3, -0.25) is 14.5 Å². The summed E-state index contributed by atoms with van der Waals surface area (Å²) < 4.78 is 1.60. The van der Waals surface area contributed by atoms with Crippen molar-refractivity contribution >= 4 is 5.69 Å². The first kappa shape index (κ1) is 14.1. The molecule has 0 bridgehead atoms. The van der Waals surface area contributed by atoms with Crippen LogP contribution in [0.5, 0.6) is 0 Å². The minimum Gasteiger partial charge on any atom is -0.382 e. The highest BCUT2D eigenvalue weighted by Gasteiger charge is 2.13. The molecule has 0 aliphatic heterocycles. The van der Waals surface area contributed by atoms with Crippen molar-refractivity contribution < 1.29 is 0 Å². The maximum Gasteiger partial charge on any atom is 0.257 e. The molecule has 112 valence electrons. The SMILES string of the molecule is CC(C)Nc1cc(=O)n(-c2ccccc2)cc1-c1ncn[nH]1. The van der Waals surface area contributed by atoms with Crippen LogP contribution >= 0.6 is 0 Å². The number of nitrogens with zero attached hydrogens (tertiary/aromatic N) is 3. The Morgan fingerprint density at radius 1 is 1.23 bits per heavy atom. The van der Waals surface area contributed by atoms with Gasteiger partial charge in [0.25, 0.3) is 5.56 Å². The van der Waals surface area contributed by atoms with Gasteiger partial charge in [0, 0.05) is 24.0 Å². The van der Waals surface area contributed by atoms with Crippen molar-refractivity contribution in [2.24, 2.45) is 0 Å². The van der Waals surface area contributed by atoms with E-state index in [0.717, 1.165) is 16.9 Å². The number of para-hydroxylation sites is 1. The van der Waals surface area contributed by atoms with Gasteiger partial charge in [-0.1, -0.05) is 18.2 Å². The van der Waals surface area contributed by atoms with E-state index < -0.39 is 0 Å². The highest BCUT2D eigenvalue weighted by atomic mass is 16.1. The predicted molar refractivity (Wildman–Crippen MR) is 86.2 cm³/mol. The average Bonchev–Trinajstić information content (AvgIpc) is 3.02. The standard InChI is InChI=1S/C16H17N5O/c1-11(2)19-14-8-15(22)21(12-6-4-3-5-7-12)9-13(14)16-17-10-18-20-16/h3-11,19H,1-2H3,(H,17,18,20). The van der Waals surface area contributed by atoms with Gasteiger partial charge >= 0.3 is 0 Å². The lowest BCUT2D eigenvalue weighted by atomic mass is 10.2. The summed E-state index contributed by atoms with van der Waals surface area (Å²) in [5.74, 6) is 0.618. The zero-order valence-electron chi connectivity index (χ0n) is 12.4. The third kappa shape index (κ3) is 2.76. The van der Waals surface area contributed by atoms with Crippen LogP contribution in [-0.2, 0) is 0 Å². The average molecular weight is 295 g/mol. The molecule has 2 heterocycles. The number of hydrogen-bond acceptors (Lipinski definition) is 4. The van der Waals surface area contributed by atoms with E-state index in [4.69, 9.17) is 0 Å². The second kappa shape index (κ2) is 5.85. The van der Waals surface area contributed by atoms with Gasteiger partial charge in [0.05, 0.1) is 11.3 Å². The Kier molecular flexibility index (Phi) is 3.74. The van der Waals surface area contributed by atoms with E-state index >= 15 is 0 Å². The molecule has 2 aromatic heterocycles. The lowest BCUT2D eigenvalue weighted by Crippen LogP contribution is -2.20. The quantitative estimate of drug-likeness (QED) is 0.775. The summed E-state index contributed by atoms with van der Waals surface area (Å²) in [6.07, 6.45) is 3.23. The third-order valence-corrected chi connectivity index (χ3v) is 3.20. The highest BCUT2D eigenvalue weighted by Crippen LogP contribution is 2.24. The van der Waals surface area contributed by atoms with Crippen molar-refractivity contribution in [3.63, 3.8) is 0 Å². The molecule has 0 unspecified atom stereocenters. The van der Waals surface area contributed by atoms with Gasteiger partial charge in [-0.15, -0.1) is 0 Å². The van der Waals surface area contributed by atoms with E-state index in [-0.39, 0.29) is 11.6 Å². The molecular formula is C16H17N5O. The van der Waals surface area contributed by atoms with Crippen molar-refractivity contribution in [2.45, 2.75) is 19.9 Å². The Hall–Kier alpha value is -2.89. The summed E-state index contributed by atoms with van der Waals surface area (Å²) in [5, 5.41) is 10.0. The summed E-state index contributed by atoms with van der Waals surface area (Å²) in [6, 6.07) is 11.3. The fourth-order valence-electron chi connectivity index (χ4n) is 2.28. The molecule has 0 amide bonds. The number of H-pyrrole nitrogens is 1. The second-order valence-electron chi connectivity index (χ2n) is 5.28. The molecule has 3 aromatic rings. The summed E-state index contributed by atoms with van der Waals surface area (Å²) in [4.78, 5) is 16.6. The van der Waals surface area contributed by atoms with E-state index in [1.165, 1.54) is 6.33 Å². The summed E-state index contributed by atoms with van der Waals surface area (Å²) in [7, 11) is 0. The van der Waals surface area contributed by atoms with Crippen LogP contribution in [0.2, 0.25) is 0 Å². The molecule has 0 aliphatic carbocycles. The van der Waals surface area contributed by atoms with Crippen LogP contribution in [0.4, 0.5) is 5.69 Å². The van der Waals surface area contributed by atoms with Crippen LogP contribution < -0.4 is 10.9 Å². The molecular weight excluding hydrogens is 278 g/mol. The smallest absolute Gasteiger partial charge is 0.257 e. The van der Waals surface area contributed by atoms with E-state index in [2.05, 4.69) is 20.5 Å². The van der Waals surface area contributed by atoms with Crippen LogP contribution in [0.15, 0.2) is 53.7 Å². The van der Waals surface area contributed by atoms with Gasteiger partial charge < -0.3 is 5.32 Å². The number of nitrogens with one attached hydrogen (secondary N) is 2. The van der Waals surface area contributed by atoms with Gasteiger partial charge in [0.1, 0.15) is 6.33 Å². The lowest BCUT2D eigenvalue weighted by Gasteiger charge is -2.15. The Bertz CT molecular complexity index is 806. The molecule has 6 heteroatoms. The number of hydrogen-bond donors (Lipinski definition) is 2. The molecule has 2 N–H and O–H groups in total. The molecule has 0 saturated carbocycles. The minimum absolute atomic E-state index is 0.0994. The molecule has 1 aromatic carbocycles. The fourth-order valence-corrected chi connectivity index (χ4v) is 2.28. The van der Waals surface area contributed by atoms with Crippen LogP contribution in [0.25, 0.3) is 17.1 Å². The van der Waals surface area contributed by atoms with Crippen LogP contribution in [0, 0.1) is 0 Å². The minimum atomic E-state index is -0.0994. The molecule has 0 atom stereocenters. The number of aromatic amines is 1. The Morgan fingerprint density at radius 2 is 2.00 bits per heavy atom. The Balaban J connectivity index is 2.19. The zero-order chi connectivity index (χ0) is 15.5. The maximum absolute atomic E-state index is 12.4. The van der Waals surface area contributed by atoms with Crippen LogP contribution in [0.1, 0.15) is 13.8 Å². The number of benzene rings is 1. The number of aromatic nitrogens is 4. The van der Waals surface area contributed by atoms with Gasteiger partial charge in [-0.05, 0) is 26.0 Å². The molecule has 0 radical (unpaired) electrons. The van der Waals surface area contributed by atoms with Gasteiger partial charge in [-0.25, -0.2) is 4.98 Å². The maximum atomic E-state index is 12.4. The van der Waals surface area contributed by atoms with Crippen molar-refractivity contribution in [3.05, 3.63) is 59.3 Å². The molecule has 0 fully saturated rings. The number of anilines is 1. The topological polar surface area (TPSA) is 75.6 Å². The summed E-state index contributed by atoms with van der Waals surface area (Å²) in [6.45, 7) is 4.04. The largest absolute Gasteiger partial charge is 0.382 e. The van der Waals surface area contributed by atoms with Crippen LogP contribution in [0.3, 0.4) is 0 Å². The highest BCUT2D eigenvalue weighted by molar-refractivity contribution is 5.72. The number of rotatable bonds is 4. The molecule has 0 saturated heterocycles. The van der Waals surface area contributed by atoms with Gasteiger partial charge in [0.15, 0.2) is 5.82 Å². The van der Waals surface area contributed by atoms with Gasteiger partial charge in [-0.2, -0.15) is 5.10 Å². The Labute approximate surface area is 127 Å². The number of pyridine rings is 1. The molecule has 0 aliphatic rings. The summed E-state index contributed by atoms with van der Waals surface area (Å²) in [5.41, 5.74) is 2.25. The molecule has 22 heavy (non-hydrogen) atoms. The molecule has 3 rings (SSSR count). The predicted octanol–water partition coefficient (Wildman–Crippen LogP) is 2.44. The monoisotopic (exact) mass is 295 g/mol. The van der Waals surface area contributed by atoms with E-state index in [0.29, 0.717) is 5.82 Å². The zero-order valence-corrected chi connectivity index (χ0v) is 12.4. The first-order valence-electron chi connectivity index (χ1n) is 7.09. The second-order valence-corrected chi connectivity index (χ2v) is 5.28. The molecule has 6 nitrogen and oxygen atoms in total. The van der Waals surface area contributed by atoms with Gasteiger partial charge in [0.2, 0.25) is 0 Å². The van der Waals surface area contributed by atoms with Crippen molar-refractivity contribution in [1.82, 2.24) is 19.7 Å². The van der Waals surface area contributed by atoms with Crippen molar-refractivity contribution in [2.75, 3.05) is 5.32 Å².